The number of hydrogen-bond acceptors (Lipinski definition) is 2. The van der Waals surface area contributed by atoms with Crippen molar-refractivity contribution in [2.45, 2.75) is 19.9 Å². The Bertz CT molecular complexity index is 673. The zero-order chi connectivity index (χ0) is 16.7. The fourth-order valence-corrected chi connectivity index (χ4v) is 2.50. The van der Waals surface area contributed by atoms with E-state index in [0.29, 0.717) is 18.2 Å². The van der Waals surface area contributed by atoms with Gasteiger partial charge in [-0.05, 0) is 42.4 Å². The largest absolute Gasteiger partial charge is 0.370 e. The number of carbonyl (C=O) groups is 1. The number of anilines is 1. The Balaban J connectivity index is 2.08. The second-order valence-corrected chi connectivity index (χ2v) is 5.81. The number of primary amides is 1. The number of nitrogens with two attached hydrogens (primary N) is 1. The molecule has 0 unspecified atom stereocenters. The quantitative estimate of drug-likeness (QED) is 0.801. The van der Waals surface area contributed by atoms with Gasteiger partial charge >= 0.3 is 0 Å². The van der Waals surface area contributed by atoms with Gasteiger partial charge in [-0.15, -0.1) is 0 Å². The molecule has 0 heterocycles. The highest BCUT2D eigenvalue weighted by atomic mass is 32.1. The second kappa shape index (κ2) is 8.29. The molecule has 0 bridgehead atoms. The Labute approximate surface area is 142 Å². The topological polar surface area (TPSA) is 58.4 Å². The number of amides is 1. The Morgan fingerprint density at radius 1 is 1.17 bits per heavy atom. The molecule has 0 aliphatic carbocycles. The zero-order valence-corrected chi connectivity index (χ0v) is 14.0. The van der Waals surface area contributed by atoms with Crippen molar-refractivity contribution in [2.75, 3.05) is 11.9 Å². The van der Waals surface area contributed by atoms with Crippen LogP contribution in [0, 0.1) is 6.92 Å². The van der Waals surface area contributed by atoms with Gasteiger partial charge in [0, 0.05) is 25.2 Å². The number of thiocarbonyl (C=S) groups is 1. The summed E-state index contributed by atoms with van der Waals surface area (Å²) in [5.41, 5.74) is 8.50. The van der Waals surface area contributed by atoms with Crippen molar-refractivity contribution in [1.29, 1.82) is 0 Å². The van der Waals surface area contributed by atoms with Gasteiger partial charge in [-0.1, -0.05) is 42.5 Å². The maximum absolute atomic E-state index is 11.1. The average Bonchev–Trinajstić information content (AvgIpc) is 2.52. The first-order chi connectivity index (χ1) is 11.0. The molecule has 0 atom stereocenters. The van der Waals surface area contributed by atoms with E-state index in [9.17, 15) is 4.79 Å². The first-order valence-corrected chi connectivity index (χ1v) is 7.90. The van der Waals surface area contributed by atoms with Crippen molar-refractivity contribution in [2.24, 2.45) is 5.73 Å². The number of rotatable bonds is 6. The summed E-state index contributed by atoms with van der Waals surface area (Å²) in [5, 5.41) is 3.82. The van der Waals surface area contributed by atoms with E-state index in [1.807, 2.05) is 66.4 Å². The lowest BCUT2D eigenvalue weighted by molar-refractivity contribution is -0.118. The molecule has 0 aromatic heterocycles. The van der Waals surface area contributed by atoms with Crippen LogP contribution in [0.1, 0.15) is 17.5 Å². The number of carbonyl (C=O) groups excluding carboxylic acids is 1. The highest BCUT2D eigenvalue weighted by molar-refractivity contribution is 7.80. The average molecular weight is 327 g/mol. The summed E-state index contributed by atoms with van der Waals surface area (Å²) in [6.45, 7) is 3.15. The van der Waals surface area contributed by atoms with Gasteiger partial charge in [0.15, 0.2) is 5.11 Å². The third-order valence-corrected chi connectivity index (χ3v) is 3.76. The first kappa shape index (κ1) is 17.0. The van der Waals surface area contributed by atoms with Crippen molar-refractivity contribution in [3.63, 3.8) is 0 Å². The van der Waals surface area contributed by atoms with E-state index in [-0.39, 0.29) is 12.3 Å². The summed E-state index contributed by atoms with van der Waals surface area (Å²) in [4.78, 5) is 13.1. The van der Waals surface area contributed by atoms with Gasteiger partial charge in [0.05, 0.1) is 0 Å². The minimum Gasteiger partial charge on any atom is -0.370 e. The molecule has 0 fully saturated rings. The van der Waals surface area contributed by atoms with Crippen molar-refractivity contribution >= 4 is 28.9 Å². The number of aryl methyl sites for hydroxylation is 1. The van der Waals surface area contributed by atoms with Crippen molar-refractivity contribution in [3.05, 3.63) is 65.7 Å². The molecule has 2 aromatic carbocycles. The van der Waals surface area contributed by atoms with E-state index < -0.39 is 0 Å². The molecule has 0 saturated heterocycles. The SMILES string of the molecule is Cc1cccc(NC(=S)N(CCC(N)=O)Cc2ccccc2)c1. The predicted octanol–water partition coefficient (Wildman–Crippen LogP) is 3.07. The molecule has 3 N–H and O–H groups in total. The lowest BCUT2D eigenvalue weighted by atomic mass is 10.2. The summed E-state index contributed by atoms with van der Waals surface area (Å²) in [5.74, 6) is -0.332. The van der Waals surface area contributed by atoms with E-state index in [1.54, 1.807) is 0 Å². The molecule has 2 aromatic rings. The van der Waals surface area contributed by atoms with E-state index in [0.717, 1.165) is 16.8 Å². The highest BCUT2D eigenvalue weighted by Crippen LogP contribution is 2.12. The molecular weight excluding hydrogens is 306 g/mol. The second-order valence-electron chi connectivity index (χ2n) is 5.42. The van der Waals surface area contributed by atoms with Crippen LogP contribution in [0.15, 0.2) is 54.6 Å². The molecule has 5 heteroatoms. The Morgan fingerprint density at radius 3 is 2.57 bits per heavy atom. The third-order valence-electron chi connectivity index (χ3n) is 3.40. The van der Waals surface area contributed by atoms with Gasteiger partial charge in [0.2, 0.25) is 5.91 Å². The van der Waals surface area contributed by atoms with Crippen LogP contribution >= 0.6 is 12.2 Å². The Hall–Kier alpha value is -2.40. The van der Waals surface area contributed by atoms with Crippen LogP contribution in [0.5, 0.6) is 0 Å². The minimum atomic E-state index is -0.332. The molecule has 0 aliphatic heterocycles. The third kappa shape index (κ3) is 5.71. The fraction of sp³-hybridized carbons (Fsp3) is 0.222. The van der Waals surface area contributed by atoms with Crippen molar-refractivity contribution in [1.82, 2.24) is 4.90 Å². The Kier molecular flexibility index (Phi) is 6.11. The number of nitrogens with zero attached hydrogens (tertiary/aromatic N) is 1. The van der Waals surface area contributed by atoms with Crippen LogP contribution in [-0.4, -0.2) is 22.5 Å². The molecule has 1 amide bonds. The molecule has 0 aliphatic rings. The van der Waals surface area contributed by atoms with E-state index >= 15 is 0 Å². The lowest BCUT2D eigenvalue weighted by Gasteiger charge is -2.25. The van der Waals surface area contributed by atoms with Crippen molar-refractivity contribution in [3.8, 4) is 0 Å². The smallest absolute Gasteiger partial charge is 0.219 e. The van der Waals surface area contributed by atoms with Crippen LogP contribution < -0.4 is 11.1 Å². The normalized spacial score (nSPS) is 10.1. The summed E-state index contributed by atoms with van der Waals surface area (Å²) in [7, 11) is 0. The number of hydrogen-bond donors (Lipinski definition) is 2. The van der Waals surface area contributed by atoms with E-state index in [1.165, 1.54) is 0 Å². The monoisotopic (exact) mass is 327 g/mol. The van der Waals surface area contributed by atoms with E-state index in [2.05, 4.69) is 5.32 Å². The standard InChI is InChI=1S/C18H21N3OS/c1-14-6-5-9-16(12-14)20-18(23)21(11-10-17(19)22)13-15-7-3-2-4-8-15/h2-9,12H,10-11,13H2,1H3,(H2,19,22)(H,20,23). The van der Waals surface area contributed by atoms with Crippen LogP contribution in [0.4, 0.5) is 5.69 Å². The molecular formula is C18H21N3OS. The molecule has 0 spiro atoms. The minimum absolute atomic E-state index is 0.266. The summed E-state index contributed by atoms with van der Waals surface area (Å²) in [6, 6.07) is 18.0. The maximum atomic E-state index is 11.1. The molecule has 4 nitrogen and oxygen atoms in total. The van der Waals surface area contributed by atoms with Crippen molar-refractivity contribution < 1.29 is 4.79 Å². The van der Waals surface area contributed by atoms with Crippen LogP contribution in [0.25, 0.3) is 0 Å². The van der Waals surface area contributed by atoms with Crippen LogP contribution in [-0.2, 0) is 11.3 Å². The zero-order valence-electron chi connectivity index (χ0n) is 13.2. The number of nitrogens with one attached hydrogen (secondary N) is 1. The molecule has 23 heavy (non-hydrogen) atoms. The van der Waals surface area contributed by atoms with E-state index in [4.69, 9.17) is 18.0 Å². The predicted molar refractivity (Wildman–Crippen MR) is 98.1 cm³/mol. The molecule has 2 rings (SSSR count). The fourth-order valence-electron chi connectivity index (χ4n) is 2.23. The highest BCUT2D eigenvalue weighted by Gasteiger charge is 2.12. The first-order valence-electron chi connectivity index (χ1n) is 7.49. The van der Waals surface area contributed by atoms with Crippen LogP contribution in [0.3, 0.4) is 0 Å². The van der Waals surface area contributed by atoms with Gasteiger partial charge in [-0.3, -0.25) is 4.79 Å². The van der Waals surface area contributed by atoms with Gasteiger partial charge in [0.25, 0.3) is 0 Å². The number of benzene rings is 2. The maximum Gasteiger partial charge on any atom is 0.219 e. The van der Waals surface area contributed by atoms with Gasteiger partial charge < -0.3 is 16.0 Å². The van der Waals surface area contributed by atoms with Gasteiger partial charge in [-0.2, -0.15) is 0 Å². The molecule has 0 saturated carbocycles. The summed E-state index contributed by atoms with van der Waals surface area (Å²) < 4.78 is 0. The summed E-state index contributed by atoms with van der Waals surface area (Å²) >= 11 is 5.51. The van der Waals surface area contributed by atoms with Gasteiger partial charge in [0.1, 0.15) is 0 Å². The Morgan fingerprint density at radius 2 is 1.91 bits per heavy atom. The molecule has 0 radical (unpaired) electrons. The van der Waals surface area contributed by atoms with Crippen LogP contribution in [0.2, 0.25) is 0 Å². The summed E-state index contributed by atoms with van der Waals surface area (Å²) in [6.07, 6.45) is 0.266. The molecule has 120 valence electrons. The van der Waals surface area contributed by atoms with Gasteiger partial charge in [-0.25, -0.2) is 0 Å². The lowest BCUT2D eigenvalue weighted by Crippen LogP contribution is -2.36.